The number of Topliss-reactive ketones (excluding diaryl/α,β-unsaturated/α-hetero) is 1. The molecule has 2 rings (SSSR count). The van der Waals surface area contributed by atoms with Gasteiger partial charge < -0.3 is 4.90 Å². The third-order valence-corrected chi connectivity index (χ3v) is 4.14. The van der Waals surface area contributed by atoms with Crippen LogP contribution >= 0.6 is 33.9 Å². The van der Waals surface area contributed by atoms with Crippen LogP contribution in [0.15, 0.2) is 11.4 Å². The third-order valence-electron chi connectivity index (χ3n) is 2.35. The number of ketones is 1. The lowest BCUT2D eigenvalue weighted by Crippen LogP contribution is -2.39. The Morgan fingerprint density at radius 2 is 2.33 bits per heavy atom. The van der Waals surface area contributed by atoms with Gasteiger partial charge in [0, 0.05) is 18.3 Å². The van der Waals surface area contributed by atoms with Gasteiger partial charge in [0.15, 0.2) is 5.78 Å². The second kappa shape index (κ2) is 4.61. The molecule has 80 valence electrons. The Kier molecular flexibility index (Phi) is 3.40. The second-order valence-electron chi connectivity index (χ2n) is 3.51. The van der Waals surface area contributed by atoms with Crippen molar-refractivity contribution in [2.45, 2.75) is 12.8 Å². The van der Waals surface area contributed by atoms with E-state index in [1.165, 1.54) is 0 Å². The van der Waals surface area contributed by atoms with Crippen molar-refractivity contribution in [1.29, 1.82) is 0 Å². The van der Waals surface area contributed by atoms with E-state index in [0.29, 0.717) is 18.5 Å². The van der Waals surface area contributed by atoms with Crippen molar-refractivity contribution in [3.63, 3.8) is 0 Å². The molecule has 0 atom stereocenters. The molecule has 0 radical (unpaired) electrons. The fraction of sp³-hybridized carbons (Fsp3) is 0.400. The summed E-state index contributed by atoms with van der Waals surface area (Å²) in [6.07, 6.45) is 1.41. The van der Waals surface area contributed by atoms with Gasteiger partial charge in [0.25, 0.3) is 5.91 Å². The first kappa shape index (κ1) is 11.1. The number of likely N-dealkylation sites (tertiary alicyclic amines) is 1. The Morgan fingerprint density at radius 1 is 1.53 bits per heavy atom. The summed E-state index contributed by atoms with van der Waals surface area (Å²) < 4.78 is 1.10. The maximum atomic E-state index is 11.9. The molecule has 1 aliphatic heterocycles. The van der Waals surface area contributed by atoms with E-state index in [9.17, 15) is 9.59 Å². The summed E-state index contributed by atoms with van der Waals surface area (Å²) in [5.74, 6) is 0.154. The summed E-state index contributed by atoms with van der Waals surface area (Å²) in [7, 11) is 0. The molecule has 1 aliphatic rings. The van der Waals surface area contributed by atoms with Crippen LogP contribution in [0, 0.1) is 2.88 Å². The van der Waals surface area contributed by atoms with Crippen LogP contribution in [0.1, 0.15) is 23.2 Å². The highest BCUT2D eigenvalue weighted by atomic mass is 127. The topological polar surface area (TPSA) is 37.4 Å². The maximum Gasteiger partial charge on any atom is 0.255 e. The molecule has 0 saturated carbocycles. The number of thiophene rings is 1. The van der Waals surface area contributed by atoms with Gasteiger partial charge in [-0.15, -0.1) is 11.3 Å². The molecule has 1 amide bonds. The Bertz CT molecular complexity index is 402. The zero-order valence-corrected chi connectivity index (χ0v) is 11.0. The molecule has 0 unspecified atom stereocenters. The van der Waals surface area contributed by atoms with Gasteiger partial charge in [-0.1, -0.05) is 0 Å². The second-order valence-corrected chi connectivity index (χ2v) is 6.31. The fourth-order valence-corrected chi connectivity index (χ4v) is 2.94. The molecule has 3 nitrogen and oxygen atoms in total. The molecule has 0 spiro atoms. The maximum absolute atomic E-state index is 11.9. The van der Waals surface area contributed by atoms with Crippen molar-refractivity contribution >= 4 is 45.6 Å². The van der Waals surface area contributed by atoms with Gasteiger partial charge in [-0.3, -0.25) is 9.59 Å². The Morgan fingerprint density at radius 3 is 2.93 bits per heavy atom. The zero-order valence-electron chi connectivity index (χ0n) is 8.03. The van der Waals surface area contributed by atoms with Crippen molar-refractivity contribution in [3.05, 3.63) is 19.9 Å². The summed E-state index contributed by atoms with van der Waals surface area (Å²) in [6.45, 7) is 0.988. The summed E-state index contributed by atoms with van der Waals surface area (Å²) in [5, 5.41) is 1.85. The Balaban J connectivity index is 2.10. The highest BCUT2D eigenvalue weighted by Crippen LogP contribution is 2.19. The SMILES string of the molecule is O=C1CCCN(C(=O)c2csc(I)c2)C1. The molecular weight excluding hydrogens is 325 g/mol. The van der Waals surface area contributed by atoms with Gasteiger partial charge in [0.1, 0.15) is 0 Å². The minimum Gasteiger partial charge on any atom is -0.331 e. The predicted molar refractivity (Wildman–Crippen MR) is 67.2 cm³/mol. The summed E-state index contributed by atoms with van der Waals surface area (Å²) in [5.41, 5.74) is 0.708. The van der Waals surface area contributed by atoms with E-state index in [4.69, 9.17) is 0 Å². The van der Waals surface area contributed by atoms with Crippen LogP contribution in [0.2, 0.25) is 0 Å². The van der Waals surface area contributed by atoms with Gasteiger partial charge in [0.05, 0.1) is 15.0 Å². The monoisotopic (exact) mass is 335 g/mol. The number of carbonyl (C=O) groups excluding carboxylic acids is 2. The average molecular weight is 335 g/mol. The fourth-order valence-electron chi connectivity index (χ4n) is 1.62. The number of nitrogens with zero attached hydrogens (tertiary/aromatic N) is 1. The van der Waals surface area contributed by atoms with Crippen LogP contribution in [-0.2, 0) is 4.79 Å². The van der Waals surface area contributed by atoms with Gasteiger partial charge >= 0.3 is 0 Å². The molecule has 0 bridgehead atoms. The van der Waals surface area contributed by atoms with Crippen molar-refractivity contribution < 1.29 is 9.59 Å². The number of halogens is 1. The molecule has 1 aromatic heterocycles. The molecule has 1 aromatic rings. The van der Waals surface area contributed by atoms with Crippen LogP contribution < -0.4 is 0 Å². The van der Waals surface area contributed by atoms with Crippen molar-refractivity contribution in [1.82, 2.24) is 4.90 Å². The van der Waals surface area contributed by atoms with Gasteiger partial charge in [-0.2, -0.15) is 0 Å². The van der Waals surface area contributed by atoms with Crippen LogP contribution in [0.5, 0.6) is 0 Å². The van der Waals surface area contributed by atoms with Crippen LogP contribution in [0.3, 0.4) is 0 Å². The molecule has 5 heteroatoms. The Hall–Kier alpha value is -0.430. The van der Waals surface area contributed by atoms with E-state index >= 15 is 0 Å². The third kappa shape index (κ3) is 2.57. The lowest BCUT2D eigenvalue weighted by Gasteiger charge is -2.25. The van der Waals surface area contributed by atoms with Crippen molar-refractivity contribution in [3.8, 4) is 0 Å². The molecular formula is C10H10INO2S. The lowest BCUT2D eigenvalue weighted by molar-refractivity contribution is -0.121. The predicted octanol–water partition coefficient (Wildman–Crippen LogP) is 2.16. The summed E-state index contributed by atoms with van der Waals surface area (Å²) >= 11 is 3.74. The largest absolute Gasteiger partial charge is 0.331 e. The number of amides is 1. The van der Waals surface area contributed by atoms with E-state index in [2.05, 4.69) is 22.6 Å². The molecule has 0 aliphatic carbocycles. The standard InChI is InChI=1S/C10H10INO2S/c11-9-4-7(6-15-9)10(14)12-3-1-2-8(13)5-12/h4,6H,1-3,5H2. The highest BCUT2D eigenvalue weighted by Gasteiger charge is 2.22. The quantitative estimate of drug-likeness (QED) is 0.738. The molecule has 1 saturated heterocycles. The average Bonchev–Trinajstić information content (AvgIpc) is 2.64. The molecule has 2 heterocycles. The van der Waals surface area contributed by atoms with E-state index in [0.717, 1.165) is 9.30 Å². The summed E-state index contributed by atoms with van der Waals surface area (Å²) in [6, 6.07) is 1.87. The number of piperidine rings is 1. The van der Waals surface area contributed by atoms with E-state index in [1.807, 2.05) is 11.4 Å². The normalized spacial score (nSPS) is 16.9. The van der Waals surface area contributed by atoms with E-state index < -0.39 is 0 Å². The molecule has 0 aromatic carbocycles. The first-order valence-corrected chi connectivity index (χ1v) is 6.67. The minimum absolute atomic E-state index is 0.0118. The number of hydrogen-bond acceptors (Lipinski definition) is 3. The molecule has 0 N–H and O–H groups in total. The van der Waals surface area contributed by atoms with Gasteiger partial charge in [-0.25, -0.2) is 0 Å². The van der Waals surface area contributed by atoms with Crippen molar-refractivity contribution in [2.75, 3.05) is 13.1 Å². The van der Waals surface area contributed by atoms with Gasteiger partial charge in [0.2, 0.25) is 0 Å². The highest BCUT2D eigenvalue weighted by molar-refractivity contribution is 14.1. The smallest absolute Gasteiger partial charge is 0.255 e. The van der Waals surface area contributed by atoms with Gasteiger partial charge in [-0.05, 0) is 35.1 Å². The van der Waals surface area contributed by atoms with E-state index in [-0.39, 0.29) is 18.2 Å². The summed E-state index contributed by atoms with van der Waals surface area (Å²) in [4.78, 5) is 24.8. The Labute approximate surface area is 106 Å². The number of hydrogen-bond donors (Lipinski definition) is 0. The first-order valence-electron chi connectivity index (χ1n) is 4.72. The minimum atomic E-state index is -0.0118. The molecule has 1 fully saturated rings. The van der Waals surface area contributed by atoms with Crippen molar-refractivity contribution in [2.24, 2.45) is 0 Å². The van der Waals surface area contributed by atoms with Crippen LogP contribution in [0.4, 0.5) is 0 Å². The van der Waals surface area contributed by atoms with E-state index in [1.54, 1.807) is 16.2 Å². The number of carbonyl (C=O) groups is 2. The van der Waals surface area contributed by atoms with Crippen LogP contribution in [-0.4, -0.2) is 29.7 Å². The first-order chi connectivity index (χ1) is 7.16. The zero-order chi connectivity index (χ0) is 10.8. The lowest BCUT2D eigenvalue weighted by atomic mass is 10.1. The molecule has 15 heavy (non-hydrogen) atoms. The number of rotatable bonds is 1. The van der Waals surface area contributed by atoms with Crippen LogP contribution in [0.25, 0.3) is 0 Å².